The molecule has 0 fully saturated rings. The second-order valence-corrected chi connectivity index (χ2v) is 6.61. The second kappa shape index (κ2) is 9.09. The van der Waals surface area contributed by atoms with Crippen molar-refractivity contribution in [1.82, 2.24) is 0 Å². The fourth-order valence-electron chi connectivity index (χ4n) is 3.09. The van der Waals surface area contributed by atoms with E-state index in [4.69, 9.17) is 9.47 Å². The normalized spacial score (nSPS) is 11.3. The number of aryl methyl sites for hydroxylation is 1. The number of benzene rings is 3. The molecule has 142 valence electrons. The van der Waals surface area contributed by atoms with E-state index in [1.165, 1.54) is 0 Å². The molecule has 3 rings (SSSR count). The quantitative estimate of drug-likeness (QED) is 0.438. The lowest BCUT2D eigenvalue weighted by Gasteiger charge is -2.17. The van der Waals surface area contributed by atoms with E-state index in [1.807, 2.05) is 106 Å². The minimum atomic E-state index is 0.793. The smallest absolute Gasteiger partial charge is 0.136 e. The third kappa shape index (κ3) is 4.34. The van der Waals surface area contributed by atoms with Gasteiger partial charge in [-0.2, -0.15) is 0 Å². The van der Waals surface area contributed by atoms with Crippen LogP contribution in [0.15, 0.2) is 72.8 Å². The van der Waals surface area contributed by atoms with Gasteiger partial charge in [0.1, 0.15) is 23.0 Å². The predicted molar refractivity (Wildman–Crippen MR) is 118 cm³/mol. The lowest BCUT2D eigenvalue weighted by molar-refractivity contribution is 0.450. The van der Waals surface area contributed by atoms with Gasteiger partial charge in [-0.3, -0.25) is 0 Å². The first-order chi connectivity index (χ1) is 13.6. The maximum atomic E-state index is 6.33. The Morgan fingerprint density at radius 2 is 1.14 bits per heavy atom. The van der Waals surface area contributed by atoms with Crippen LogP contribution in [0.4, 0.5) is 0 Å². The molecule has 0 spiro atoms. The van der Waals surface area contributed by atoms with Crippen LogP contribution in [-0.4, -0.2) is 0 Å². The third-order valence-corrected chi connectivity index (χ3v) is 4.52. The van der Waals surface area contributed by atoms with Gasteiger partial charge >= 0.3 is 0 Å². The summed E-state index contributed by atoms with van der Waals surface area (Å²) in [4.78, 5) is 0. The Morgan fingerprint density at radius 1 is 0.607 bits per heavy atom. The van der Waals surface area contributed by atoms with Crippen LogP contribution in [0.2, 0.25) is 0 Å². The van der Waals surface area contributed by atoms with E-state index in [9.17, 15) is 0 Å². The molecule has 0 bridgehead atoms. The molecule has 0 aliphatic rings. The fraction of sp³-hybridized carbons (Fsp3) is 0.154. The summed E-state index contributed by atoms with van der Waals surface area (Å²) in [5.74, 6) is 3.28. The second-order valence-electron chi connectivity index (χ2n) is 6.61. The van der Waals surface area contributed by atoms with Crippen molar-refractivity contribution < 1.29 is 9.47 Å². The molecule has 0 saturated carbocycles. The average molecular weight is 370 g/mol. The summed E-state index contributed by atoms with van der Waals surface area (Å²) < 4.78 is 12.6. The standard InChI is InChI=1S/C26H26O2/c1-5-11-21-13-7-9-15-24(21)27-23-18-17-19(3)26(20(23)4)28-25-16-10-8-14-22(25)12-6-2/h5-18H,1-4H3/b11-5-,12-6-. The summed E-state index contributed by atoms with van der Waals surface area (Å²) in [5, 5.41) is 0. The molecule has 0 atom stereocenters. The van der Waals surface area contributed by atoms with Crippen molar-refractivity contribution in [2.75, 3.05) is 0 Å². The van der Waals surface area contributed by atoms with Gasteiger partial charge in [-0.1, -0.05) is 66.8 Å². The van der Waals surface area contributed by atoms with Crippen LogP contribution < -0.4 is 9.47 Å². The SMILES string of the molecule is C/C=C\c1ccccc1Oc1ccc(C)c(Oc2ccccc2/C=C\C)c1C. The molecule has 3 aromatic carbocycles. The zero-order chi connectivity index (χ0) is 19.9. The number of para-hydroxylation sites is 2. The molecule has 28 heavy (non-hydrogen) atoms. The minimum absolute atomic E-state index is 0.793. The summed E-state index contributed by atoms with van der Waals surface area (Å²) in [6, 6.07) is 20.1. The van der Waals surface area contributed by atoms with Crippen LogP contribution in [0.25, 0.3) is 12.2 Å². The number of rotatable bonds is 6. The highest BCUT2D eigenvalue weighted by Crippen LogP contribution is 2.38. The zero-order valence-corrected chi connectivity index (χ0v) is 16.9. The van der Waals surface area contributed by atoms with E-state index < -0.39 is 0 Å². The maximum absolute atomic E-state index is 6.33. The summed E-state index contributed by atoms with van der Waals surface area (Å²) in [6.07, 6.45) is 8.12. The first-order valence-electron chi connectivity index (χ1n) is 9.53. The highest BCUT2D eigenvalue weighted by atomic mass is 16.5. The maximum Gasteiger partial charge on any atom is 0.136 e. The van der Waals surface area contributed by atoms with E-state index in [0.717, 1.165) is 45.3 Å². The number of ether oxygens (including phenoxy) is 2. The highest BCUT2D eigenvalue weighted by molar-refractivity contribution is 5.61. The van der Waals surface area contributed by atoms with E-state index >= 15 is 0 Å². The molecule has 0 aliphatic carbocycles. The van der Waals surface area contributed by atoms with Crippen LogP contribution in [-0.2, 0) is 0 Å². The highest BCUT2D eigenvalue weighted by Gasteiger charge is 2.14. The van der Waals surface area contributed by atoms with Crippen LogP contribution >= 0.6 is 0 Å². The molecule has 0 radical (unpaired) electrons. The first-order valence-corrected chi connectivity index (χ1v) is 9.53. The van der Waals surface area contributed by atoms with Crippen LogP contribution in [0.1, 0.15) is 36.1 Å². The third-order valence-electron chi connectivity index (χ3n) is 4.52. The zero-order valence-electron chi connectivity index (χ0n) is 16.9. The molecule has 0 heterocycles. The molecule has 0 unspecified atom stereocenters. The van der Waals surface area contributed by atoms with Crippen LogP contribution in [0, 0.1) is 13.8 Å². The van der Waals surface area contributed by atoms with Crippen molar-refractivity contribution in [2.45, 2.75) is 27.7 Å². The first kappa shape index (κ1) is 19.5. The van der Waals surface area contributed by atoms with Gasteiger partial charge in [0.25, 0.3) is 0 Å². The van der Waals surface area contributed by atoms with Crippen LogP contribution in [0.5, 0.6) is 23.0 Å². The van der Waals surface area contributed by atoms with Gasteiger partial charge in [0, 0.05) is 16.7 Å². The predicted octanol–water partition coefficient (Wildman–Crippen LogP) is 7.95. The van der Waals surface area contributed by atoms with Crippen molar-refractivity contribution >= 4 is 12.2 Å². The molecule has 0 N–H and O–H groups in total. The van der Waals surface area contributed by atoms with Crippen molar-refractivity contribution in [3.63, 3.8) is 0 Å². The van der Waals surface area contributed by atoms with Gasteiger partial charge < -0.3 is 9.47 Å². The van der Waals surface area contributed by atoms with Crippen molar-refractivity contribution in [2.24, 2.45) is 0 Å². The lowest BCUT2D eigenvalue weighted by atomic mass is 10.1. The minimum Gasteiger partial charge on any atom is -0.456 e. The van der Waals surface area contributed by atoms with E-state index in [2.05, 4.69) is 6.92 Å². The molecule has 0 amide bonds. The Kier molecular flexibility index (Phi) is 6.33. The van der Waals surface area contributed by atoms with E-state index in [-0.39, 0.29) is 0 Å². The van der Waals surface area contributed by atoms with Gasteiger partial charge in [-0.25, -0.2) is 0 Å². The van der Waals surface area contributed by atoms with Gasteiger partial charge in [-0.05, 0) is 51.5 Å². The lowest BCUT2D eigenvalue weighted by Crippen LogP contribution is -1.96. The molecule has 0 saturated heterocycles. The molecule has 2 nitrogen and oxygen atoms in total. The Bertz CT molecular complexity index is 1010. The average Bonchev–Trinajstić information content (AvgIpc) is 2.70. The van der Waals surface area contributed by atoms with E-state index in [0.29, 0.717) is 0 Å². The largest absolute Gasteiger partial charge is 0.456 e. The van der Waals surface area contributed by atoms with Crippen molar-refractivity contribution in [1.29, 1.82) is 0 Å². The Labute approximate surface area is 167 Å². The van der Waals surface area contributed by atoms with Crippen LogP contribution in [0.3, 0.4) is 0 Å². The molecule has 0 aromatic heterocycles. The summed E-state index contributed by atoms with van der Waals surface area (Å²) >= 11 is 0. The molecule has 2 heteroatoms. The van der Waals surface area contributed by atoms with E-state index in [1.54, 1.807) is 0 Å². The summed E-state index contributed by atoms with van der Waals surface area (Å²) in [6.45, 7) is 8.10. The van der Waals surface area contributed by atoms with Crippen molar-refractivity contribution in [3.8, 4) is 23.0 Å². The number of hydrogen-bond acceptors (Lipinski definition) is 2. The van der Waals surface area contributed by atoms with Gasteiger partial charge in [0.05, 0.1) is 0 Å². The van der Waals surface area contributed by atoms with Gasteiger partial charge in [-0.15, -0.1) is 0 Å². The monoisotopic (exact) mass is 370 g/mol. The topological polar surface area (TPSA) is 18.5 Å². The molecule has 0 aliphatic heterocycles. The fourth-order valence-corrected chi connectivity index (χ4v) is 3.09. The molecular weight excluding hydrogens is 344 g/mol. The summed E-state index contributed by atoms with van der Waals surface area (Å²) in [7, 11) is 0. The number of allylic oxidation sites excluding steroid dienone is 2. The Hall–Kier alpha value is -3.26. The summed E-state index contributed by atoms with van der Waals surface area (Å²) in [5.41, 5.74) is 4.15. The Balaban J connectivity index is 1.98. The van der Waals surface area contributed by atoms with Gasteiger partial charge in [0.2, 0.25) is 0 Å². The van der Waals surface area contributed by atoms with Gasteiger partial charge in [0.15, 0.2) is 0 Å². The number of hydrogen-bond donors (Lipinski definition) is 0. The van der Waals surface area contributed by atoms with Crippen molar-refractivity contribution in [3.05, 3.63) is 95.1 Å². The molecular formula is C26H26O2. The molecule has 3 aromatic rings. The Morgan fingerprint density at radius 3 is 1.71 bits per heavy atom.